The van der Waals surface area contributed by atoms with Crippen LogP contribution in [0.15, 0.2) is 23.1 Å². The summed E-state index contributed by atoms with van der Waals surface area (Å²) < 4.78 is 1.22. The Balaban J connectivity index is 3.17. The molecule has 54 valence electrons. The van der Waals surface area contributed by atoms with Crippen LogP contribution >= 0.6 is 46.0 Å². The minimum absolute atomic E-state index is 0.847. The van der Waals surface area contributed by atoms with Crippen LogP contribution in [0.2, 0.25) is 5.02 Å². The van der Waals surface area contributed by atoms with Crippen LogP contribution in [0.1, 0.15) is 0 Å². The van der Waals surface area contributed by atoms with Gasteiger partial charge in [-0.1, -0.05) is 17.7 Å². The first-order chi connectivity index (χ1) is 4.75. The molecule has 0 aliphatic heterocycles. The molecule has 10 heavy (non-hydrogen) atoms. The van der Waals surface area contributed by atoms with E-state index in [4.69, 9.17) is 11.6 Å². The fourth-order valence-corrected chi connectivity index (χ4v) is 2.93. The second-order valence-corrected chi connectivity index (χ2v) is 4.14. The lowest BCUT2D eigenvalue weighted by Gasteiger charge is -2.00. The Hall–Kier alpha value is 0.590. The molecule has 0 fully saturated rings. The van der Waals surface area contributed by atoms with E-state index in [-0.39, 0.29) is 0 Å². The highest BCUT2D eigenvalue weighted by Gasteiger charge is 2.00. The van der Waals surface area contributed by atoms with Gasteiger partial charge in [-0.15, -0.1) is 11.8 Å². The number of hydrogen-bond acceptors (Lipinski definition) is 1. The van der Waals surface area contributed by atoms with Crippen molar-refractivity contribution in [1.29, 1.82) is 0 Å². The normalized spacial score (nSPS) is 9.90. The highest BCUT2D eigenvalue weighted by atomic mass is 127. The summed E-state index contributed by atoms with van der Waals surface area (Å²) in [4.78, 5) is 1.17. The van der Waals surface area contributed by atoms with Crippen molar-refractivity contribution in [2.24, 2.45) is 0 Å². The standard InChI is InChI=1S/C7H6ClIS/c1-10-7-5(8)3-2-4-6(7)9/h2-4H,1H3. The Morgan fingerprint density at radius 2 is 2.20 bits per heavy atom. The van der Waals surface area contributed by atoms with Crippen molar-refractivity contribution in [3.05, 3.63) is 26.8 Å². The van der Waals surface area contributed by atoms with Crippen LogP contribution in [0.5, 0.6) is 0 Å². The van der Waals surface area contributed by atoms with E-state index in [2.05, 4.69) is 28.7 Å². The van der Waals surface area contributed by atoms with Crippen LogP contribution in [0, 0.1) is 3.57 Å². The molecule has 1 aromatic carbocycles. The van der Waals surface area contributed by atoms with Gasteiger partial charge in [0.1, 0.15) is 0 Å². The van der Waals surface area contributed by atoms with Gasteiger partial charge in [-0.05, 0) is 41.0 Å². The average molecular weight is 285 g/mol. The summed E-state index contributed by atoms with van der Waals surface area (Å²) >= 11 is 9.87. The SMILES string of the molecule is CSc1c(Cl)cccc1I. The molecule has 0 saturated heterocycles. The molecule has 0 amide bonds. The van der Waals surface area contributed by atoms with Gasteiger partial charge in [0.2, 0.25) is 0 Å². The zero-order valence-electron chi connectivity index (χ0n) is 5.40. The number of benzene rings is 1. The van der Waals surface area contributed by atoms with E-state index in [0.29, 0.717) is 0 Å². The maximum Gasteiger partial charge on any atom is 0.0552 e. The van der Waals surface area contributed by atoms with Gasteiger partial charge in [0.05, 0.1) is 5.02 Å². The predicted octanol–water partition coefficient (Wildman–Crippen LogP) is 3.67. The Labute approximate surface area is 83.5 Å². The lowest BCUT2D eigenvalue weighted by molar-refractivity contribution is 1.41. The van der Waals surface area contributed by atoms with Gasteiger partial charge in [0.25, 0.3) is 0 Å². The number of rotatable bonds is 1. The zero-order chi connectivity index (χ0) is 7.56. The summed E-state index contributed by atoms with van der Waals surface area (Å²) in [6.45, 7) is 0. The van der Waals surface area contributed by atoms with Crippen LogP contribution in [0.25, 0.3) is 0 Å². The van der Waals surface area contributed by atoms with E-state index in [9.17, 15) is 0 Å². The lowest BCUT2D eigenvalue weighted by Crippen LogP contribution is -1.77. The Kier molecular flexibility index (Phi) is 3.33. The van der Waals surface area contributed by atoms with Crippen LogP contribution in [-0.4, -0.2) is 6.26 Å². The average Bonchev–Trinajstić information content (AvgIpc) is 1.88. The van der Waals surface area contributed by atoms with Crippen molar-refractivity contribution in [3.8, 4) is 0 Å². The van der Waals surface area contributed by atoms with Crippen LogP contribution in [0.4, 0.5) is 0 Å². The van der Waals surface area contributed by atoms with E-state index >= 15 is 0 Å². The fraction of sp³-hybridized carbons (Fsp3) is 0.143. The molecule has 0 bridgehead atoms. The second-order valence-electron chi connectivity index (χ2n) is 1.75. The molecule has 3 heteroatoms. The monoisotopic (exact) mass is 284 g/mol. The van der Waals surface area contributed by atoms with E-state index in [0.717, 1.165) is 5.02 Å². The summed E-state index contributed by atoms with van der Waals surface area (Å²) in [6.07, 6.45) is 2.03. The minimum atomic E-state index is 0.847. The Morgan fingerprint density at radius 1 is 1.50 bits per heavy atom. The Bertz CT molecular complexity index is 217. The Morgan fingerprint density at radius 3 is 2.60 bits per heavy atom. The number of hydrogen-bond donors (Lipinski definition) is 0. The topological polar surface area (TPSA) is 0 Å². The molecular formula is C7H6ClIS. The van der Waals surface area contributed by atoms with Gasteiger partial charge in [0.15, 0.2) is 0 Å². The van der Waals surface area contributed by atoms with Crippen molar-refractivity contribution in [3.63, 3.8) is 0 Å². The molecule has 0 aliphatic rings. The summed E-state index contributed by atoms with van der Waals surface area (Å²) in [5.74, 6) is 0. The van der Waals surface area contributed by atoms with E-state index < -0.39 is 0 Å². The third kappa shape index (κ3) is 1.80. The molecule has 0 atom stereocenters. The third-order valence-electron chi connectivity index (χ3n) is 1.12. The quantitative estimate of drug-likeness (QED) is 0.560. The number of halogens is 2. The summed E-state index contributed by atoms with van der Waals surface area (Å²) in [5, 5.41) is 0.847. The predicted molar refractivity (Wildman–Crippen MR) is 56.0 cm³/mol. The van der Waals surface area contributed by atoms with Crippen LogP contribution < -0.4 is 0 Å². The summed E-state index contributed by atoms with van der Waals surface area (Å²) in [7, 11) is 0. The highest BCUT2D eigenvalue weighted by molar-refractivity contribution is 14.1. The smallest absolute Gasteiger partial charge is 0.0552 e. The van der Waals surface area contributed by atoms with Crippen molar-refractivity contribution >= 4 is 46.0 Å². The summed E-state index contributed by atoms with van der Waals surface area (Å²) in [5.41, 5.74) is 0. The second kappa shape index (κ2) is 3.83. The molecule has 0 radical (unpaired) electrons. The number of thioether (sulfide) groups is 1. The zero-order valence-corrected chi connectivity index (χ0v) is 9.13. The van der Waals surface area contributed by atoms with Crippen molar-refractivity contribution < 1.29 is 0 Å². The summed E-state index contributed by atoms with van der Waals surface area (Å²) in [6, 6.07) is 5.93. The van der Waals surface area contributed by atoms with Crippen LogP contribution in [-0.2, 0) is 0 Å². The van der Waals surface area contributed by atoms with Crippen molar-refractivity contribution in [1.82, 2.24) is 0 Å². The first kappa shape index (κ1) is 8.68. The van der Waals surface area contributed by atoms with Crippen molar-refractivity contribution in [2.75, 3.05) is 6.26 Å². The minimum Gasteiger partial charge on any atom is -0.127 e. The maximum atomic E-state index is 5.90. The molecule has 1 aromatic rings. The maximum absolute atomic E-state index is 5.90. The molecule has 0 unspecified atom stereocenters. The molecule has 0 saturated carbocycles. The van der Waals surface area contributed by atoms with Gasteiger partial charge in [-0.25, -0.2) is 0 Å². The molecule has 0 aromatic heterocycles. The first-order valence-electron chi connectivity index (χ1n) is 2.73. The van der Waals surface area contributed by atoms with Gasteiger partial charge in [-0.2, -0.15) is 0 Å². The van der Waals surface area contributed by atoms with Gasteiger partial charge >= 0.3 is 0 Å². The molecular weight excluding hydrogens is 279 g/mol. The molecule has 0 N–H and O–H groups in total. The molecule has 0 heterocycles. The third-order valence-corrected chi connectivity index (χ3v) is 3.66. The van der Waals surface area contributed by atoms with E-state index in [1.54, 1.807) is 11.8 Å². The highest BCUT2D eigenvalue weighted by Crippen LogP contribution is 2.29. The molecule has 0 aliphatic carbocycles. The van der Waals surface area contributed by atoms with Gasteiger partial charge in [-0.3, -0.25) is 0 Å². The molecule has 1 rings (SSSR count). The van der Waals surface area contributed by atoms with Gasteiger partial charge < -0.3 is 0 Å². The lowest BCUT2D eigenvalue weighted by atomic mass is 10.4. The van der Waals surface area contributed by atoms with E-state index in [1.165, 1.54) is 8.47 Å². The molecule has 0 spiro atoms. The fourth-order valence-electron chi connectivity index (χ4n) is 0.678. The van der Waals surface area contributed by atoms with Crippen molar-refractivity contribution in [2.45, 2.75) is 4.90 Å². The van der Waals surface area contributed by atoms with Crippen LogP contribution in [0.3, 0.4) is 0 Å². The van der Waals surface area contributed by atoms with E-state index in [1.807, 2.05) is 18.4 Å². The largest absolute Gasteiger partial charge is 0.127 e. The molecule has 0 nitrogen and oxygen atoms in total. The first-order valence-corrected chi connectivity index (χ1v) is 5.42. The van der Waals surface area contributed by atoms with Gasteiger partial charge in [0, 0.05) is 8.47 Å².